The van der Waals surface area contributed by atoms with Crippen molar-refractivity contribution in [2.24, 2.45) is 5.73 Å². The number of imidazole rings is 1. The summed E-state index contributed by atoms with van der Waals surface area (Å²) in [6, 6.07) is 5.40. The van der Waals surface area contributed by atoms with Crippen molar-refractivity contribution < 1.29 is 9.90 Å². The molecule has 0 bridgehead atoms. The zero-order valence-corrected chi connectivity index (χ0v) is 9.40. The van der Waals surface area contributed by atoms with E-state index in [1.54, 1.807) is 12.1 Å². The van der Waals surface area contributed by atoms with Gasteiger partial charge in [0.05, 0.1) is 11.0 Å². The molecule has 0 radical (unpaired) electrons. The number of benzene rings is 1. The van der Waals surface area contributed by atoms with E-state index in [1.165, 1.54) is 6.92 Å². The number of fused-ring (bicyclic) bond motifs is 1. The van der Waals surface area contributed by atoms with Gasteiger partial charge in [0.2, 0.25) is 0 Å². The van der Waals surface area contributed by atoms with E-state index in [1.807, 2.05) is 6.07 Å². The summed E-state index contributed by atoms with van der Waals surface area (Å²) >= 11 is 0. The minimum absolute atomic E-state index is 0.247. The Labute approximate surface area is 97.6 Å². The minimum atomic E-state index is -1.28. The van der Waals surface area contributed by atoms with Gasteiger partial charge in [-0.05, 0) is 24.6 Å². The van der Waals surface area contributed by atoms with Crippen LogP contribution in [0.4, 0.5) is 5.95 Å². The summed E-state index contributed by atoms with van der Waals surface area (Å²) in [6.45, 7) is 1.49. The third-order valence-corrected chi connectivity index (χ3v) is 2.62. The number of rotatable bonds is 3. The maximum absolute atomic E-state index is 10.9. The lowest BCUT2D eigenvalue weighted by Gasteiger charge is -2.18. The van der Waals surface area contributed by atoms with Crippen molar-refractivity contribution in [1.82, 2.24) is 9.97 Å². The number of nitrogens with two attached hydrogens (primary N) is 2. The fraction of sp³-hybridized carbons (Fsp3) is 0.273. The van der Waals surface area contributed by atoms with Crippen LogP contribution in [-0.2, 0) is 11.2 Å². The summed E-state index contributed by atoms with van der Waals surface area (Å²) in [5.41, 5.74) is 12.3. The van der Waals surface area contributed by atoms with Crippen LogP contribution in [0.2, 0.25) is 0 Å². The molecule has 0 fully saturated rings. The van der Waals surface area contributed by atoms with Crippen molar-refractivity contribution in [1.29, 1.82) is 0 Å². The predicted octanol–water partition coefficient (Wildman–Crippen LogP) is 0.490. The molecule has 17 heavy (non-hydrogen) atoms. The number of hydrogen-bond acceptors (Lipinski definition) is 4. The number of carbonyl (C=O) groups is 1. The predicted molar refractivity (Wildman–Crippen MR) is 64.4 cm³/mol. The highest BCUT2D eigenvalue weighted by Crippen LogP contribution is 2.18. The number of nitrogens with zero attached hydrogens (tertiary/aromatic N) is 1. The standard InChI is InChI=1S/C11H14N4O2/c1-11(13,9(16)17)5-6-2-3-7-8(4-6)15-10(12)14-7/h2-4H,5,13H2,1H3,(H,16,17)(H3,12,14,15)/t11-/m1/s1. The van der Waals surface area contributed by atoms with E-state index in [-0.39, 0.29) is 6.42 Å². The Hall–Kier alpha value is -2.08. The highest BCUT2D eigenvalue weighted by molar-refractivity contribution is 5.80. The van der Waals surface area contributed by atoms with Crippen LogP contribution in [-0.4, -0.2) is 26.6 Å². The Balaban J connectivity index is 2.34. The molecule has 0 amide bonds. The SMILES string of the molecule is C[C@@](N)(Cc1ccc2nc(N)[nH]c2c1)C(=O)O. The monoisotopic (exact) mass is 234 g/mol. The van der Waals surface area contributed by atoms with Crippen LogP contribution in [0.1, 0.15) is 12.5 Å². The number of H-pyrrole nitrogens is 1. The van der Waals surface area contributed by atoms with Crippen LogP contribution in [0.5, 0.6) is 0 Å². The molecule has 0 saturated heterocycles. The number of aliphatic carboxylic acids is 1. The van der Waals surface area contributed by atoms with Gasteiger partial charge in [-0.1, -0.05) is 6.07 Å². The van der Waals surface area contributed by atoms with Crippen molar-refractivity contribution in [2.45, 2.75) is 18.9 Å². The first-order chi connectivity index (χ1) is 7.88. The molecule has 0 aliphatic carbocycles. The third kappa shape index (κ3) is 2.21. The molecule has 90 valence electrons. The molecular formula is C11H14N4O2. The third-order valence-electron chi connectivity index (χ3n) is 2.62. The summed E-state index contributed by atoms with van der Waals surface area (Å²) in [4.78, 5) is 17.9. The number of carboxylic acid groups (broad SMARTS) is 1. The topological polar surface area (TPSA) is 118 Å². The van der Waals surface area contributed by atoms with Crippen LogP contribution in [0.15, 0.2) is 18.2 Å². The molecule has 0 spiro atoms. The smallest absolute Gasteiger partial charge is 0.323 e. The van der Waals surface area contributed by atoms with E-state index in [0.29, 0.717) is 5.95 Å². The van der Waals surface area contributed by atoms with Gasteiger partial charge in [-0.2, -0.15) is 0 Å². The molecular weight excluding hydrogens is 220 g/mol. The Morgan fingerprint density at radius 2 is 2.29 bits per heavy atom. The molecule has 0 saturated carbocycles. The van der Waals surface area contributed by atoms with Gasteiger partial charge < -0.3 is 21.6 Å². The lowest BCUT2D eigenvalue weighted by atomic mass is 9.94. The Morgan fingerprint density at radius 1 is 1.59 bits per heavy atom. The quantitative estimate of drug-likeness (QED) is 0.616. The molecule has 6 nitrogen and oxygen atoms in total. The van der Waals surface area contributed by atoms with E-state index < -0.39 is 11.5 Å². The Kier molecular flexibility index (Phi) is 2.51. The fourth-order valence-electron chi connectivity index (χ4n) is 1.69. The summed E-state index contributed by atoms with van der Waals surface area (Å²) in [6.07, 6.45) is 0.247. The van der Waals surface area contributed by atoms with E-state index in [9.17, 15) is 4.79 Å². The van der Waals surface area contributed by atoms with Gasteiger partial charge in [-0.15, -0.1) is 0 Å². The van der Waals surface area contributed by atoms with E-state index in [4.69, 9.17) is 16.6 Å². The summed E-state index contributed by atoms with van der Waals surface area (Å²) in [5, 5.41) is 8.95. The Morgan fingerprint density at radius 3 is 2.94 bits per heavy atom. The van der Waals surface area contributed by atoms with Crippen molar-refractivity contribution in [3.8, 4) is 0 Å². The lowest BCUT2D eigenvalue weighted by Crippen LogP contribution is -2.46. The van der Waals surface area contributed by atoms with Gasteiger partial charge in [0.1, 0.15) is 5.54 Å². The average Bonchev–Trinajstić information content (AvgIpc) is 2.56. The second-order valence-electron chi connectivity index (χ2n) is 4.37. The van der Waals surface area contributed by atoms with E-state index in [0.717, 1.165) is 16.6 Å². The second-order valence-corrected chi connectivity index (χ2v) is 4.37. The van der Waals surface area contributed by atoms with Crippen LogP contribution < -0.4 is 11.5 Å². The maximum atomic E-state index is 10.9. The molecule has 2 rings (SSSR count). The highest BCUT2D eigenvalue weighted by atomic mass is 16.4. The van der Waals surface area contributed by atoms with Gasteiger partial charge in [0.25, 0.3) is 0 Å². The normalized spacial score (nSPS) is 14.7. The molecule has 1 atom stereocenters. The van der Waals surface area contributed by atoms with Gasteiger partial charge in [0.15, 0.2) is 5.95 Å². The summed E-state index contributed by atoms with van der Waals surface area (Å²) in [7, 11) is 0. The molecule has 1 heterocycles. The molecule has 1 aromatic carbocycles. The van der Waals surface area contributed by atoms with Crippen molar-refractivity contribution in [2.75, 3.05) is 5.73 Å². The molecule has 0 aliphatic rings. The summed E-state index contributed by atoms with van der Waals surface area (Å²) in [5.74, 6) is -0.687. The number of aromatic amines is 1. The van der Waals surface area contributed by atoms with Crippen molar-refractivity contribution in [3.05, 3.63) is 23.8 Å². The van der Waals surface area contributed by atoms with Crippen molar-refractivity contribution in [3.63, 3.8) is 0 Å². The minimum Gasteiger partial charge on any atom is -0.480 e. The van der Waals surface area contributed by atoms with E-state index in [2.05, 4.69) is 9.97 Å². The van der Waals surface area contributed by atoms with Gasteiger partial charge in [0, 0.05) is 6.42 Å². The van der Waals surface area contributed by atoms with Crippen LogP contribution in [0, 0.1) is 0 Å². The molecule has 6 heteroatoms. The number of hydrogen-bond donors (Lipinski definition) is 4. The second kappa shape index (κ2) is 3.74. The average molecular weight is 234 g/mol. The van der Waals surface area contributed by atoms with Gasteiger partial charge >= 0.3 is 5.97 Å². The molecule has 6 N–H and O–H groups in total. The van der Waals surface area contributed by atoms with Gasteiger partial charge in [-0.25, -0.2) is 4.98 Å². The van der Waals surface area contributed by atoms with Crippen LogP contribution >= 0.6 is 0 Å². The largest absolute Gasteiger partial charge is 0.480 e. The summed E-state index contributed by atoms with van der Waals surface area (Å²) < 4.78 is 0. The molecule has 0 aliphatic heterocycles. The zero-order valence-electron chi connectivity index (χ0n) is 9.40. The van der Waals surface area contributed by atoms with Crippen molar-refractivity contribution >= 4 is 23.0 Å². The molecule has 2 aromatic rings. The Bertz CT molecular complexity index is 574. The number of aromatic nitrogens is 2. The highest BCUT2D eigenvalue weighted by Gasteiger charge is 2.28. The molecule has 0 unspecified atom stereocenters. The first-order valence-electron chi connectivity index (χ1n) is 5.15. The van der Waals surface area contributed by atoms with Crippen LogP contribution in [0.25, 0.3) is 11.0 Å². The first-order valence-corrected chi connectivity index (χ1v) is 5.15. The van der Waals surface area contributed by atoms with Gasteiger partial charge in [-0.3, -0.25) is 4.79 Å². The number of nitrogen functional groups attached to an aromatic ring is 1. The first kappa shape index (κ1) is 11.4. The molecule has 1 aromatic heterocycles. The lowest BCUT2D eigenvalue weighted by molar-refractivity contribution is -0.142. The number of carboxylic acids is 1. The number of anilines is 1. The van der Waals surface area contributed by atoms with E-state index >= 15 is 0 Å². The fourth-order valence-corrected chi connectivity index (χ4v) is 1.69. The number of nitrogens with one attached hydrogen (secondary N) is 1. The zero-order chi connectivity index (χ0) is 12.6. The van der Waals surface area contributed by atoms with Crippen LogP contribution in [0.3, 0.4) is 0 Å². The maximum Gasteiger partial charge on any atom is 0.323 e.